The molecule has 11 heavy (non-hydrogen) atoms. The summed E-state index contributed by atoms with van der Waals surface area (Å²) in [5.74, 6) is 1.07. The molecule has 1 aromatic heterocycles. The Morgan fingerprint density at radius 1 is 1.73 bits per heavy atom. The van der Waals surface area contributed by atoms with Crippen LogP contribution in [-0.4, -0.2) is 20.5 Å². The lowest BCUT2D eigenvalue weighted by Crippen LogP contribution is -1.93. The summed E-state index contributed by atoms with van der Waals surface area (Å²) in [7, 11) is 0. The number of rotatable bonds is 3. The molecule has 0 N–H and O–H groups in total. The van der Waals surface area contributed by atoms with Crippen molar-refractivity contribution in [2.24, 2.45) is 0 Å². The van der Waals surface area contributed by atoms with Crippen molar-refractivity contribution in [2.45, 2.75) is 31.0 Å². The summed E-state index contributed by atoms with van der Waals surface area (Å²) in [5.41, 5.74) is 0. The first-order chi connectivity index (χ1) is 5.42. The minimum absolute atomic E-state index is 0.707. The minimum Gasteiger partial charge on any atom is -0.306 e. The largest absolute Gasteiger partial charge is 0.306 e. The van der Waals surface area contributed by atoms with Gasteiger partial charge in [-0.15, -0.1) is 10.2 Å². The standard InChI is InChI=1S/C7H11N3S/c1-2-11-7-9-8-5-10(7)6-3-4-6/h5-6H,2-4H2,1H3. The molecule has 0 unspecified atom stereocenters. The highest BCUT2D eigenvalue weighted by molar-refractivity contribution is 7.99. The zero-order chi connectivity index (χ0) is 7.68. The van der Waals surface area contributed by atoms with Crippen LogP contribution < -0.4 is 0 Å². The summed E-state index contributed by atoms with van der Waals surface area (Å²) in [6, 6.07) is 0.707. The van der Waals surface area contributed by atoms with Crippen molar-refractivity contribution < 1.29 is 0 Å². The Morgan fingerprint density at radius 2 is 2.55 bits per heavy atom. The summed E-state index contributed by atoms with van der Waals surface area (Å²) in [5, 5.41) is 9.02. The Balaban J connectivity index is 2.16. The molecule has 1 fully saturated rings. The Bertz CT molecular complexity index is 242. The second-order valence-electron chi connectivity index (χ2n) is 2.68. The maximum Gasteiger partial charge on any atom is 0.191 e. The SMILES string of the molecule is CCSc1nncn1C1CC1. The van der Waals surface area contributed by atoms with Gasteiger partial charge in [0.1, 0.15) is 6.33 Å². The topological polar surface area (TPSA) is 30.7 Å². The van der Waals surface area contributed by atoms with E-state index in [1.165, 1.54) is 12.8 Å². The van der Waals surface area contributed by atoms with Crippen LogP contribution in [0.15, 0.2) is 11.5 Å². The fourth-order valence-electron chi connectivity index (χ4n) is 1.07. The normalized spacial score (nSPS) is 17.2. The van der Waals surface area contributed by atoms with Crippen molar-refractivity contribution in [2.75, 3.05) is 5.75 Å². The molecule has 0 atom stereocenters. The lowest BCUT2D eigenvalue weighted by molar-refractivity contribution is 0.663. The molecule has 0 radical (unpaired) electrons. The molecule has 1 aliphatic rings. The van der Waals surface area contributed by atoms with E-state index in [1.54, 1.807) is 11.8 Å². The van der Waals surface area contributed by atoms with E-state index >= 15 is 0 Å². The molecule has 1 aliphatic carbocycles. The number of thioether (sulfide) groups is 1. The van der Waals surface area contributed by atoms with Crippen LogP contribution in [0.5, 0.6) is 0 Å². The van der Waals surface area contributed by atoms with Crippen molar-refractivity contribution in [3.8, 4) is 0 Å². The van der Waals surface area contributed by atoms with E-state index in [2.05, 4.69) is 21.7 Å². The maximum absolute atomic E-state index is 4.04. The Kier molecular flexibility index (Phi) is 1.85. The van der Waals surface area contributed by atoms with Crippen LogP contribution in [0.2, 0.25) is 0 Å². The molecule has 4 heteroatoms. The third kappa shape index (κ3) is 1.40. The Morgan fingerprint density at radius 3 is 3.18 bits per heavy atom. The van der Waals surface area contributed by atoms with Crippen molar-refractivity contribution in [1.82, 2.24) is 14.8 Å². The Hall–Kier alpha value is -0.510. The predicted molar refractivity (Wildman–Crippen MR) is 44.7 cm³/mol. The van der Waals surface area contributed by atoms with Gasteiger partial charge in [-0.05, 0) is 18.6 Å². The fourth-order valence-corrected chi connectivity index (χ4v) is 1.78. The van der Waals surface area contributed by atoms with Gasteiger partial charge in [-0.25, -0.2) is 0 Å². The van der Waals surface area contributed by atoms with Crippen molar-refractivity contribution in [1.29, 1.82) is 0 Å². The molecule has 1 aromatic rings. The van der Waals surface area contributed by atoms with Gasteiger partial charge in [0.2, 0.25) is 0 Å². The number of nitrogens with zero attached hydrogens (tertiary/aromatic N) is 3. The van der Waals surface area contributed by atoms with E-state index in [1.807, 2.05) is 6.33 Å². The van der Waals surface area contributed by atoms with Crippen LogP contribution in [0.25, 0.3) is 0 Å². The molecule has 0 amide bonds. The van der Waals surface area contributed by atoms with E-state index < -0.39 is 0 Å². The van der Waals surface area contributed by atoms with Crippen LogP contribution in [-0.2, 0) is 0 Å². The molecule has 0 saturated heterocycles. The Labute approximate surface area is 70.2 Å². The molecule has 0 aromatic carbocycles. The first-order valence-electron chi connectivity index (χ1n) is 3.94. The van der Waals surface area contributed by atoms with Gasteiger partial charge in [0.05, 0.1) is 0 Å². The third-order valence-corrected chi connectivity index (χ3v) is 2.59. The van der Waals surface area contributed by atoms with E-state index in [4.69, 9.17) is 0 Å². The van der Waals surface area contributed by atoms with Gasteiger partial charge in [0.25, 0.3) is 0 Å². The van der Waals surface area contributed by atoms with Gasteiger partial charge < -0.3 is 4.57 Å². The van der Waals surface area contributed by atoms with Crippen LogP contribution in [0.1, 0.15) is 25.8 Å². The van der Waals surface area contributed by atoms with Crippen molar-refractivity contribution >= 4 is 11.8 Å². The van der Waals surface area contributed by atoms with Crippen LogP contribution in [0.4, 0.5) is 0 Å². The summed E-state index contributed by atoms with van der Waals surface area (Å²) in [4.78, 5) is 0. The van der Waals surface area contributed by atoms with E-state index in [9.17, 15) is 0 Å². The predicted octanol–water partition coefficient (Wildman–Crippen LogP) is 1.72. The highest BCUT2D eigenvalue weighted by Crippen LogP contribution is 2.37. The van der Waals surface area contributed by atoms with Gasteiger partial charge >= 0.3 is 0 Å². The van der Waals surface area contributed by atoms with E-state index in [0.29, 0.717) is 6.04 Å². The molecule has 3 nitrogen and oxygen atoms in total. The lowest BCUT2D eigenvalue weighted by atomic mass is 10.7. The maximum atomic E-state index is 4.04. The lowest BCUT2D eigenvalue weighted by Gasteiger charge is -2.00. The quantitative estimate of drug-likeness (QED) is 0.645. The fraction of sp³-hybridized carbons (Fsp3) is 0.714. The molecule has 1 saturated carbocycles. The number of aromatic nitrogens is 3. The van der Waals surface area contributed by atoms with Gasteiger partial charge in [0.15, 0.2) is 5.16 Å². The van der Waals surface area contributed by atoms with Gasteiger partial charge in [-0.3, -0.25) is 0 Å². The summed E-state index contributed by atoms with van der Waals surface area (Å²) in [6.45, 7) is 2.14. The second-order valence-corrected chi connectivity index (χ2v) is 3.92. The van der Waals surface area contributed by atoms with Gasteiger partial charge in [0, 0.05) is 6.04 Å². The molecule has 2 rings (SSSR count). The monoisotopic (exact) mass is 169 g/mol. The third-order valence-electron chi connectivity index (χ3n) is 1.75. The van der Waals surface area contributed by atoms with Crippen molar-refractivity contribution in [3.05, 3.63) is 6.33 Å². The number of hydrogen-bond acceptors (Lipinski definition) is 3. The van der Waals surface area contributed by atoms with Crippen LogP contribution in [0.3, 0.4) is 0 Å². The first kappa shape index (κ1) is 7.16. The average molecular weight is 169 g/mol. The molecule has 0 aliphatic heterocycles. The number of hydrogen-bond donors (Lipinski definition) is 0. The zero-order valence-corrected chi connectivity index (χ0v) is 7.34. The van der Waals surface area contributed by atoms with Crippen LogP contribution >= 0.6 is 11.8 Å². The summed E-state index contributed by atoms with van der Waals surface area (Å²) >= 11 is 1.77. The van der Waals surface area contributed by atoms with E-state index in [-0.39, 0.29) is 0 Å². The molecule has 1 heterocycles. The zero-order valence-electron chi connectivity index (χ0n) is 6.53. The smallest absolute Gasteiger partial charge is 0.191 e. The highest BCUT2D eigenvalue weighted by atomic mass is 32.2. The first-order valence-corrected chi connectivity index (χ1v) is 4.92. The van der Waals surface area contributed by atoms with Gasteiger partial charge in [-0.1, -0.05) is 18.7 Å². The molecular formula is C7H11N3S. The van der Waals surface area contributed by atoms with Crippen molar-refractivity contribution in [3.63, 3.8) is 0 Å². The molecule has 60 valence electrons. The molecular weight excluding hydrogens is 158 g/mol. The highest BCUT2D eigenvalue weighted by Gasteiger charge is 2.25. The molecule has 0 spiro atoms. The molecule has 0 bridgehead atoms. The van der Waals surface area contributed by atoms with E-state index in [0.717, 1.165) is 10.9 Å². The van der Waals surface area contributed by atoms with Gasteiger partial charge in [-0.2, -0.15) is 0 Å². The summed E-state index contributed by atoms with van der Waals surface area (Å²) in [6.07, 6.45) is 4.44. The average Bonchev–Trinajstić information content (AvgIpc) is 2.75. The summed E-state index contributed by atoms with van der Waals surface area (Å²) < 4.78 is 2.19. The van der Waals surface area contributed by atoms with Crippen LogP contribution in [0, 0.1) is 0 Å². The second kappa shape index (κ2) is 2.85. The minimum atomic E-state index is 0.707.